The van der Waals surface area contributed by atoms with E-state index in [1.54, 1.807) is 0 Å². The molecule has 0 saturated heterocycles. The van der Waals surface area contributed by atoms with Crippen LogP contribution in [0.15, 0.2) is 33.7 Å². The molecule has 3 N–H and O–H groups in total. The van der Waals surface area contributed by atoms with E-state index in [-0.39, 0.29) is 0 Å². The highest BCUT2D eigenvalue weighted by Gasteiger charge is 1.92. The zero-order chi connectivity index (χ0) is 11.1. The number of rotatable bonds is 4. The van der Waals surface area contributed by atoms with Gasteiger partial charge in [0.25, 0.3) is 0 Å². The predicted molar refractivity (Wildman–Crippen MR) is 67.8 cm³/mol. The number of nitrogens with zero attached hydrogens (tertiary/aromatic N) is 1. The zero-order valence-electron chi connectivity index (χ0n) is 8.83. The summed E-state index contributed by atoms with van der Waals surface area (Å²) >= 11 is 3.39. The first-order chi connectivity index (χ1) is 7.22. The van der Waals surface area contributed by atoms with Crippen molar-refractivity contribution in [2.45, 2.75) is 19.9 Å². The van der Waals surface area contributed by atoms with Crippen LogP contribution < -0.4 is 11.1 Å². The molecular formula is C11H16BrN3. The lowest BCUT2D eigenvalue weighted by molar-refractivity contribution is 0.825. The molecule has 0 atom stereocenters. The van der Waals surface area contributed by atoms with Crippen molar-refractivity contribution in [2.24, 2.45) is 10.7 Å². The molecule has 0 amide bonds. The van der Waals surface area contributed by atoms with Gasteiger partial charge in [-0.2, -0.15) is 0 Å². The maximum atomic E-state index is 5.67. The number of benzene rings is 1. The number of aliphatic imine (C=N–C) groups is 1. The van der Waals surface area contributed by atoms with E-state index in [0.29, 0.717) is 12.5 Å². The summed E-state index contributed by atoms with van der Waals surface area (Å²) in [6.07, 6.45) is 1.05. The van der Waals surface area contributed by atoms with E-state index in [9.17, 15) is 0 Å². The number of guanidine groups is 1. The van der Waals surface area contributed by atoms with Crippen molar-refractivity contribution in [1.82, 2.24) is 5.32 Å². The lowest BCUT2D eigenvalue weighted by Crippen LogP contribution is -2.32. The molecule has 0 heterocycles. The summed E-state index contributed by atoms with van der Waals surface area (Å²) in [4.78, 5) is 4.23. The second kappa shape index (κ2) is 6.45. The van der Waals surface area contributed by atoms with Gasteiger partial charge in [0.15, 0.2) is 5.96 Å². The van der Waals surface area contributed by atoms with Crippen LogP contribution >= 0.6 is 15.9 Å². The van der Waals surface area contributed by atoms with Crippen LogP contribution in [0.1, 0.15) is 18.9 Å². The van der Waals surface area contributed by atoms with Crippen molar-refractivity contribution >= 4 is 21.9 Å². The predicted octanol–water partition coefficient (Wildman–Crippen LogP) is 2.26. The van der Waals surface area contributed by atoms with E-state index >= 15 is 0 Å². The molecule has 0 aliphatic carbocycles. The molecule has 0 spiro atoms. The quantitative estimate of drug-likeness (QED) is 0.651. The SMILES string of the molecule is CCCNC(N)=NCc1ccc(Br)cc1. The van der Waals surface area contributed by atoms with Crippen molar-refractivity contribution in [3.8, 4) is 0 Å². The van der Waals surface area contributed by atoms with Crippen molar-refractivity contribution in [2.75, 3.05) is 6.54 Å². The van der Waals surface area contributed by atoms with Crippen LogP contribution in [0.2, 0.25) is 0 Å². The molecule has 15 heavy (non-hydrogen) atoms. The first-order valence-corrected chi connectivity index (χ1v) is 5.80. The smallest absolute Gasteiger partial charge is 0.188 e. The fourth-order valence-corrected chi connectivity index (χ4v) is 1.34. The number of nitrogens with two attached hydrogens (primary N) is 1. The normalized spacial score (nSPS) is 11.5. The molecular weight excluding hydrogens is 254 g/mol. The molecule has 0 aromatic heterocycles. The Morgan fingerprint density at radius 2 is 2.07 bits per heavy atom. The Hall–Kier alpha value is -1.03. The first kappa shape index (κ1) is 12.0. The number of nitrogens with one attached hydrogen (secondary N) is 1. The van der Waals surface area contributed by atoms with Crippen molar-refractivity contribution in [3.05, 3.63) is 34.3 Å². The summed E-state index contributed by atoms with van der Waals surface area (Å²) in [5.74, 6) is 0.514. The van der Waals surface area contributed by atoms with Gasteiger partial charge in [-0.15, -0.1) is 0 Å². The highest BCUT2D eigenvalue weighted by atomic mass is 79.9. The van der Waals surface area contributed by atoms with Gasteiger partial charge in [-0.25, -0.2) is 4.99 Å². The summed E-state index contributed by atoms with van der Waals surface area (Å²) in [6.45, 7) is 3.58. The Kier molecular flexibility index (Phi) is 5.18. The van der Waals surface area contributed by atoms with Gasteiger partial charge >= 0.3 is 0 Å². The van der Waals surface area contributed by atoms with Gasteiger partial charge < -0.3 is 11.1 Å². The van der Waals surface area contributed by atoms with Crippen LogP contribution in [-0.2, 0) is 6.54 Å². The topological polar surface area (TPSA) is 50.4 Å². The third kappa shape index (κ3) is 4.83. The molecule has 0 saturated carbocycles. The van der Waals surface area contributed by atoms with Gasteiger partial charge in [0.2, 0.25) is 0 Å². The molecule has 0 unspecified atom stereocenters. The Morgan fingerprint density at radius 1 is 1.40 bits per heavy atom. The number of hydrogen-bond donors (Lipinski definition) is 2. The minimum absolute atomic E-state index is 0.514. The van der Waals surface area contributed by atoms with E-state index in [2.05, 4.69) is 33.2 Å². The summed E-state index contributed by atoms with van der Waals surface area (Å²) < 4.78 is 1.08. The molecule has 0 aliphatic heterocycles. The first-order valence-electron chi connectivity index (χ1n) is 5.00. The van der Waals surface area contributed by atoms with Crippen LogP contribution in [0, 0.1) is 0 Å². The second-order valence-corrected chi connectivity index (χ2v) is 4.17. The van der Waals surface area contributed by atoms with E-state index in [1.807, 2.05) is 24.3 Å². The molecule has 0 fully saturated rings. The van der Waals surface area contributed by atoms with Crippen LogP contribution in [0.4, 0.5) is 0 Å². The average Bonchev–Trinajstić information content (AvgIpc) is 2.25. The summed E-state index contributed by atoms with van der Waals surface area (Å²) in [5.41, 5.74) is 6.82. The van der Waals surface area contributed by atoms with Crippen LogP contribution in [-0.4, -0.2) is 12.5 Å². The van der Waals surface area contributed by atoms with Crippen LogP contribution in [0.3, 0.4) is 0 Å². The third-order valence-corrected chi connectivity index (χ3v) is 2.43. The van der Waals surface area contributed by atoms with Gasteiger partial charge in [-0.3, -0.25) is 0 Å². The lowest BCUT2D eigenvalue weighted by Gasteiger charge is -2.03. The lowest BCUT2D eigenvalue weighted by atomic mass is 10.2. The van der Waals surface area contributed by atoms with E-state index in [4.69, 9.17) is 5.73 Å². The number of hydrogen-bond acceptors (Lipinski definition) is 1. The largest absolute Gasteiger partial charge is 0.370 e. The molecule has 3 nitrogen and oxygen atoms in total. The standard InChI is InChI=1S/C11H16BrN3/c1-2-7-14-11(13)15-8-9-3-5-10(12)6-4-9/h3-6H,2,7-8H2,1H3,(H3,13,14,15). The molecule has 1 rings (SSSR count). The molecule has 0 radical (unpaired) electrons. The van der Waals surface area contributed by atoms with Gasteiger partial charge in [0.05, 0.1) is 6.54 Å². The summed E-state index contributed by atoms with van der Waals surface area (Å²) in [6, 6.07) is 8.06. The van der Waals surface area contributed by atoms with Crippen LogP contribution in [0.25, 0.3) is 0 Å². The Morgan fingerprint density at radius 3 is 2.67 bits per heavy atom. The number of halogens is 1. The molecule has 0 bridgehead atoms. The van der Waals surface area contributed by atoms with Crippen molar-refractivity contribution in [1.29, 1.82) is 0 Å². The Bertz CT molecular complexity index is 319. The average molecular weight is 270 g/mol. The monoisotopic (exact) mass is 269 g/mol. The van der Waals surface area contributed by atoms with Crippen molar-refractivity contribution in [3.63, 3.8) is 0 Å². The van der Waals surface area contributed by atoms with E-state index in [1.165, 1.54) is 0 Å². The van der Waals surface area contributed by atoms with Crippen molar-refractivity contribution < 1.29 is 0 Å². The highest BCUT2D eigenvalue weighted by molar-refractivity contribution is 9.10. The fourth-order valence-electron chi connectivity index (χ4n) is 1.08. The van der Waals surface area contributed by atoms with Crippen LogP contribution in [0.5, 0.6) is 0 Å². The zero-order valence-corrected chi connectivity index (χ0v) is 10.4. The van der Waals surface area contributed by atoms with Gasteiger partial charge in [0.1, 0.15) is 0 Å². The molecule has 1 aromatic rings. The fraction of sp³-hybridized carbons (Fsp3) is 0.364. The summed E-state index contributed by atoms with van der Waals surface area (Å²) in [7, 11) is 0. The van der Waals surface area contributed by atoms with Gasteiger partial charge in [-0.05, 0) is 24.1 Å². The minimum Gasteiger partial charge on any atom is -0.370 e. The Labute approximate surface area is 98.9 Å². The van der Waals surface area contributed by atoms with Gasteiger partial charge in [-0.1, -0.05) is 35.0 Å². The maximum Gasteiger partial charge on any atom is 0.188 e. The molecule has 82 valence electrons. The second-order valence-electron chi connectivity index (χ2n) is 3.25. The minimum atomic E-state index is 0.514. The van der Waals surface area contributed by atoms with E-state index < -0.39 is 0 Å². The van der Waals surface area contributed by atoms with Gasteiger partial charge in [0, 0.05) is 11.0 Å². The third-order valence-electron chi connectivity index (χ3n) is 1.90. The Balaban J connectivity index is 2.45. The van der Waals surface area contributed by atoms with E-state index in [0.717, 1.165) is 23.0 Å². The highest BCUT2D eigenvalue weighted by Crippen LogP contribution is 2.10. The molecule has 1 aromatic carbocycles. The maximum absolute atomic E-state index is 5.67. The summed E-state index contributed by atoms with van der Waals surface area (Å²) in [5, 5.41) is 3.03. The molecule has 4 heteroatoms. The molecule has 0 aliphatic rings.